The zero-order chi connectivity index (χ0) is 24.0. The molecule has 0 saturated carbocycles. The van der Waals surface area contributed by atoms with Crippen LogP contribution in [-0.4, -0.2) is 54.0 Å². The number of aromatic nitrogens is 3. The number of hydrogen-bond acceptors (Lipinski definition) is 7. The number of carbonyl (C=O) groups excluding carboxylic acids is 2. The molecule has 0 saturated heterocycles. The van der Waals surface area contributed by atoms with E-state index in [0.29, 0.717) is 30.3 Å². The lowest BCUT2D eigenvalue weighted by atomic mass is 10.1. The van der Waals surface area contributed by atoms with Crippen molar-refractivity contribution in [3.8, 4) is 17.3 Å². The van der Waals surface area contributed by atoms with Crippen molar-refractivity contribution in [2.45, 2.75) is 20.3 Å². The van der Waals surface area contributed by atoms with Gasteiger partial charge in [0.2, 0.25) is 0 Å². The highest BCUT2D eigenvalue weighted by Gasteiger charge is 2.18. The maximum Gasteiger partial charge on any atom is 0.359 e. The van der Waals surface area contributed by atoms with E-state index in [1.165, 1.54) is 0 Å². The molecule has 3 aromatic rings. The molecule has 2 heterocycles. The van der Waals surface area contributed by atoms with Gasteiger partial charge in [-0.3, -0.25) is 4.79 Å². The molecule has 0 aliphatic heterocycles. The highest BCUT2D eigenvalue weighted by molar-refractivity contribution is 6.33. The Morgan fingerprint density at radius 3 is 2.48 bits per heavy atom. The first kappa shape index (κ1) is 24.1. The number of halogens is 1. The van der Waals surface area contributed by atoms with Gasteiger partial charge in [0, 0.05) is 12.2 Å². The van der Waals surface area contributed by atoms with Crippen LogP contribution in [0.15, 0.2) is 36.4 Å². The summed E-state index contributed by atoms with van der Waals surface area (Å²) in [6.07, 6.45) is 0.568. The number of methoxy groups -OCH3 is 2. The molecule has 0 fully saturated rings. The predicted octanol–water partition coefficient (Wildman–Crippen LogP) is 3.07. The molecular formula is C23H25ClN4O5. The van der Waals surface area contributed by atoms with Crippen molar-refractivity contribution in [2.75, 3.05) is 27.4 Å². The van der Waals surface area contributed by atoms with Crippen LogP contribution < -0.4 is 14.8 Å². The Bertz CT molecular complexity index is 1160. The highest BCUT2D eigenvalue weighted by atomic mass is 35.5. The van der Waals surface area contributed by atoms with Crippen molar-refractivity contribution < 1.29 is 23.8 Å². The number of carbonyl (C=O) groups is 2. The zero-order valence-electron chi connectivity index (χ0n) is 18.8. The Kier molecular flexibility index (Phi) is 7.89. The van der Waals surface area contributed by atoms with Crippen molar-refractivity contribution in [1.82, 2.24) is 20.1 Å². The number of amides is 1. The molecule has 2 aromatic heterocycles. The smallest absolute Gasteiger partial charge is 0.359 e. The third-order valence-electron chi connectivity index (χ3n) is 4.77. The van der Waals surface area contributed by atoms with Crippen LogP contribution in [0.2, 0.25) is 5.02 Å². The first-order chi connectivity index (χ1) is 15.8. The van der Waals surface area contributed by atoms with Gasteiger partial charge >= 0.3 is 5.97 Å². The minimum absolute atomic E-state index is 0.0835. The van der Waals surface area contributed by atoms with E-state index in [1.54, 1.807) is 37.1 Å². The number of benzene rings is 1. The molecule has 0 aliphatic carbocycles. The van der Waals surface area contributed by atoms with Gasteiger partial charge in [-0.2, -0.15) is 5.10 Å². The summed E-state index contributed by atoms with van der Waals surface area (Å²) in [6, 6.07) is 10.6. The summed E-state index contributed by atoms with van der Waals surface area (Å²) in [4.78, 5) is 28.8. The predicted molar refractivity (Wildman–Crippen MR) is 122 cm³/mol. The summed E-state index contributed by atoms with van der Waals surface area (Å²) < 4.78 is 17.2. The molecular weight excluding hydrogens is 448 g/mol. The summed E-state index contributed by atoms with van der Waals surface area (Å²) in [5.41, 5.74) is 2.55. The van der Waals surface area contributed by atoms with Crippen molar-refractivity contribution in [3.05, 3.63) is 64.1 Å². The van der Waals surface area contributed by atoms with E-state index in [-0.39, 0.29) is 10.7 Å². The summed E-state index contributed by atoms with van der Waals surface area (Å²) in [5.74, 6) is 0.443. The largest absolute Gasteiger partial charge is 0.493 e. The number of ether oxygens (including phenoxy) is 3. The molecule has 9 nitrogen and oxygen atoms in total. The van der Waals surface area contributed by atoms with Crippen LogP contribution in [-0.2, 0) is 16.0 Å². The summed E-state index contributed by atoms with van der Waals surface area (Å²) >= 11 is 6.12. The molecule has 0 radical (unpaired) electrons. The standard InChI is InChI=1S/C23H25ClN4O5/c1-14-11-15(2)28(27-14)20-8-6-17(24)22(26-20)23(30)33-13-21(29)25-10-9-16-5-7-18(31-3)19(12-16)32-4/h5-8,11-12H,9-10,13H2,1-4H3,(H,25,29). The van der Waals surface area contributed by atoms with Gasteiger partial charge in [-0.05, 0) is 56.2 Å². The SMILES string of the molecule is COc1ccc(CCNC(=O)COC(=O)c2nc(-n3nc(C)cc3C)ccc2Cl)cc1OC. The minimum atomic E-state index is -0.793. The minimum Gasteiger partial charge on any atom is -0.493 e. The maximum atomic E-state index is 12.5. The molecule has 10 heteroatoms. The van der Waals surface area contributed by atoms with Gasteiger partial charge in [0.05, 0.1) is 24.9 Å². The Hall–Kier alpha value is -3.59. The van der Waals surface area contributed by atoms with Crippen molar-refractivity contribution in [3.63, 3.8) is 0 Å². The quantitative estimate of drug-likeness (QED) is 0.477. The average molecular weight is 473 g/mol. The van der Waals surface area contributed by atoms with Crippen molar-refractivity contribution >= 4 is 23.5 Å². The van der Waals surface area contributed by atoms with E-state index >= 15 is 0 Å². The van der Waals surface area contributed by atoms with Gasteiger partial charge in [0.25, 0.3) is 5.91 Å². The van der Waals surface area contributed by atoms with E-state index < -0.39 is 18.5 Å². The zero-order valence-corrected chi connectivity index (χ0v) is 19.6. The van der Waals surface area contributed by atoms with Gasteiger partial charge < -0.3 is 19.5 Å². The lowest BCUT2D eigenvalue weighted by molar-refractivity contribution is -0.124. The third-order valence-corrected chi connectivity index (χ3v) is 5.07. The Morgan fingerprint density at radius 2 is 1.82 bits per heavy atom. The summed E-state index contributed by atoms with van der Waals surface area (Å²) in [6.45, 7) is 3.64. The number of nitrogens with zero attached hydrogens (tertiary/aromatic N) is 3. The van der Waals surface area contributed by atoms with E-state index in [1.807, 2.05) is 32.0 Å². The molecule has 174 valence electrons. The topological polar surface area (TPSA) is 105 Å². The fraction of sp³-hybridized carbons (Fsp3) is 0.304. The van der Waals surface area contributed by atoms with Crippen LogP contribution in [0, 0.1) is 13.8 Å². The lowest BCUT2D eigenvalue weighted by Crippen LogP contribution is -2.30. The molecule has 0 atom stereocenters. The highest BCUT2D eigenvalue weighted by Crippen LogP contribution is 2.27. The Morgan fingerprint density at radius 1 is 1.06 bits per heavy atom. The van der Waals surface area contributed by atoms with Crippen LogP contribution in [0.4, 0.5) is 0 Å². The number of pyridine rings is 1. The van der Waals surface area contributed by atoms with Crippen molar-refractivity contribution in [2.24, 2.45) is 0 Å². The summed E-state index contributed by atoms with van der Waals surface area (Å²) in [7, 11) is 3.13. The molecule has 1 aromatic carbocycles. The maximum absolute atomic E-state index is 12.5. The molecule has 0 aliphatic rings. The second-order valence-electron chi connectivity index (χ2n) is 7.20. The number of esters is 1. The van der Waals surface area contributed by atoms with Crippen molar-refractivity contribution in [1.29, 1.82) is 0 Å². The number of aryl methyl sites for hydroxylation is 2. The Balaban J connectivity index is 1.54. The van der Waals surface area contributed by atoms with Gasteiger partial charge in [-0.15, -0.1) is 0 Å². The van der Waals surface area contributed by atoms with Gasteiger partial charge in [-0.1, -0.05) is 17.7 Å². The fourth-order valence-corrected chi connectivity index (χ4v) is 3.37. The number of nitrogens with one attached hydrogen (secondary N) is 1. The molecule has 1 N–H and O–H groups in total. The molecule has 1 amide bonds. The molecule has 0 bridgehead atoms. The lowest BCUT2D eigenvalue weighted by Gasteiger charge is -2.11. The van der Waals surface area contributed by atoms with Gasteiger partial charge in [-0.25, -0.2) is 14.5 Å². The van der Waals surface area contributed by atoms with E-state index in [2.05, 4.69) is 15.4 Å². The third kappa shape index (κ3) is 6.01. The second-order valence-corrected chi connectivity index (χ2v) is 7.61. The molecule has 0 unspecified atom stereocenters. The van der Waals surface area contributed by atoms with Gasteiger partial charge in [0.15, 0.2) is 29.6 Å². The van der Waals surface area contributed by atoms with Crippen LogP contribution >= 0.6 is 11.6 Å². The van der Waals surface area contributed by atoms with Crippen LogP contribution in [0.25, 0.3) is 5.82 Å². The van der Waals surface area contributed by atoms with E-state index in [9.17, 15) is 9.59 Å². The van der Waals surface area contributed by atoms with E-state index in [0.717, 1.165) is 17.0 Å². The molecule has 33 heavy (non-hydrogen) atoms. The normalized spacial score (nSPS) is 10.6. The second kappa shape index (κ2) is 10.8. The van der Waals surface area contributed by atoms with Gasteiger partial charge in [0.1, 0.15) is 0 Å². The first-order valence-corrected chi connectivity index (χ1v) is 10.5. The molecule has 3 rings (SSSR count). The fourth-order valence-electron chi connectivity index (χ4n) is 3.19. The molecule has 0 spiro atoms. The van der Waals surface area contributed by atoms with Crippen LogP contribution in [0.5, 0.6) is 11.5 Å². The number of hydrogen-bond donors (Lipinski definition) is 1. The average Bonchev–Trinajstić information content (AvgIpc) is 3.15. The van der Waals surface area contributed by atoms with Crippen LogP contribution in [0.1, 0.15) is 27.4 Å². The monoisotopic (exact) mass is 472 g/mol. The first-order valence-electron chi connectivity index (χ1n) is 10.2. The summed E-state index contributed by atoms with van der Waals surface area (Å²) in [5, 5.41) is 7.18. The Labute approximate surface area is 196 Å². The van der Waals surface area contributed by atoms with Crippen LogP contribution in [0.3, 0.4) is 0 Å². The number of rotatable bonds is 9. The van der Waals surface area contributed by atoms with E-state index in [4.69, 9.17) is 25.8 Å².